The second-order valence-electron chi connectivity index (χ2n) is 4.20. The highest BCUT2D eigenvalue weighted by atomic mass is 16.5. The Balaban J connectivity index is 2.11. The Morgan fingerprint density at radius 3 is 2.59 bits per heavy atom. The number of hydrogen-bond donors (Lipinski definition) is 1. The van der Waals surface area contributed by atoms with E-state index in [4.69, 9.17) is 4.74 Å². The van der Waals surface area contributed by atoms with Gasteiger partial charge >= 0.3 is 0 Å². The van der Waals surface area contributed by atoms with Crippen LogP contribution in [0.25, 0.3) is 0 Å². The first-order chi connectivity index (χ1) is 8.24. The molecule has 0 bridgehead atoms. The number of morpholine rings is 1. The van der Waals surface area contributed by atoms with Gasteiger partial charge in [-0.3, -0.25) is 9.59 Å². The first-order valence-corrected chi connectivity index (χ1v) is 6.36. The number of ether oxygens (including phenoxy) is 1. The first-order valence-electron chi connectivity index (χ1n) is 6.36. The van der Waals surface area contributed by atoms with Crippen molar-refractivity contribution >= 4 is 11.8 Å². The minimum absolute atomic E-state index is 0.0277. The SMILES string of the molecule is CCCCNC(=O)CCC(=O)N1CCOCC1. The number of nitrogens with one attached hydrogen (secondary N) is 1. The van der Waals surface area contributed by atoms with Crippen molar-refractivity contribution in [2.45, 2.75) is 32.6 Å². The van der Waals surface area contributed by atoms with Crippen LogP contribution in [0.2, 0.25) is 0 Å². The van der Waals surface area contributed by atoms with Crippen LogP contribution in [0, 0.1) is 0 Å². The third kappa shape index (κ3) is 5.68. The Hall–Kier alpha value is -1.10. The van der Waals surface area contributed by atoms with Crippen molar-refractivity contribution < 1.29 is 14.3 Å². The first kappa shape index (κ1) is 14.0. The average molecular weight is 242 g/mol. The van der Waals surface area contributed by atoms with Gasteiger partial charge in [-0.25, -0.2) is 0 Å². The molecule has 98 valence electrons. The zero-order chi connectivity index (χ0) is 12.5. The minimum Gasteiger partial charge on any atom is -0.378 e. The summed E-state index contributed by atoms with van der Waals surface area (Å²) in [5.41, 5.74) is 0. The predicted octanol–water partition coefficient (Wildman–Crippen LogP) is 0.542. The Bertz CT molecular complexity index is 250. The van der Waals surface area contributed by atoms with Crippen LogP contribution in [0.15, 0.2) is 0 Å². The third-order valence-electron chi connectivity index (χ3n) is 2.78. The van der Waals surface area contributed by atoms with E-state index in [2.05, 4.69) is 12.2 Å². The van der Waals surface area contributed by atoms with Gasteiger partial charge in [-0.15, -0.1) is 0 Å². The van der Waals surface area contributed by atoms with E-state index in [1.807, 2.05) is 0 Å². The Kier molecular flexibility index (Phi) is 6.62. The number of unbranched alkanes of at least 4 members (excludes halogenated alkanes) is 1. The fourth-order valence-electron chi connectivity index (χ4n) is 1.68. The molecular weight excluding hydrogens is 220 g/mol. The van der Waals surface area contributed by atoms with Crippen molar-refractivity contribution in [1.29, 1.82) is 0 Å². The molecule has 2 amide bonds. The number of hydrogen-bond acceptors (Lipinski definition) is 3. The molecule has 0 aromatic carbocycles. The van der Waals surface area contributed by atoms with Gasteiger partial charge in [0, 0.05) is 32.5 Å². The lowest BCUT2D eigenvalue weighted by Crippen LogP contribution is -2.41. The fourth-order valence-corrected chi connectivity index (χ4v) is 1.68. The largest absolute Gasteiger partial charge is 0.378 e. The van der Waals surface area contributed by atoms with Crippen LogP contribution in [-0.2, 0) is 14.3 Å². The summed E-state index contributed by atoms with van der Waals surface area (Å²) in [5.74, 6) is 0.0269. The highest BCUT2D eigenvalue weighted by Gasteiger charge is 2.17. The van der Waals surface area contributed by atoms with Gasteiger partial charge < -0.3 is 15.0 Å². The molecule has 1 N–H and O–H groups in total. The third-order valence-corrected chi connectivity index (χ3v) is 2.78. The van der Waals surface area contributed by atoms with E-state index in [-0.39, 0.29) is 11.8 Å². The average Bonchev–Trinajstić information content (AvgIpc) is 2.37. The minimum atomic E-state index is -0.0277. The van der Waals surface area contributed by atoms with Crippen molar-refractivity contribution in [2.24, 2.45) is 0 Å². The number of carbonyl (C=O) groups excluding carboxylic acids is 2. The van der Waals surface area contributed by atoms with Crippen molar-refractivity contribution in [1.82, 2.24) is 10.2 Å². The van der Waals surface area contributed by atoms with E-state index < -0.39 is 0 Å². The zero-order valence-corrected chi connectivity index (χ0v) is 10.5. The molecule has 1 fully saturated rings. The van der Waals surface area contributed by atoms with E-state index in [1.54, 1.807) is 4.90 Å². The fraction of sp³-hybridized carbons (Fsp3) is 0.833. The molecule has 0 aromatic heterocycles. The monoisotopic (exact) mass is 242 g/mol. The van der Waals surface area contributed by atoms with E-state index in [0.29, 0.717) is 45.7 Å². The quantitative estimate of drug-likeness (QED) is 0.692. The summed E-state index contributed by atoms with van der Waals surface area (Å²) >= 11 is 0. The topological polar surface area (TPSA) is 58.6 Å². The van der Waals surface area contributed by atoms with Gasteiger partial charge in [0.25, 0.3) is 0 Å². The molecular formula is C12H22N2O3. The second kappa shape index (κ2) is 8.06. The number of nitrogens with zero attached hydrogens (tertiary/aromatic N) is 1. The zero-order valence-electron chi connectivity index (χ0n) is 10.5. The lowest BCUT2D eigenvalue weighted by Gasteiger charge is -2.26. The van der Waals surface area contributed by atoms with E-state index in [0.717, 1.165) is 12.8 Å². The Labute approximate surface area is 102 Å². The highest BCUT2D eigenvalue weighted by molar-refractivity contribution is 5.83. The van der Waals surface area contributed by atoms with Gasteiger partial charge in [0.1, 0.15) is 0 Å². The maximum atomic E-state index is 11.7. The molecule has 1 aliphatic rings. The van der Waals surface area contributed by atoms with Gasteiger partial charge in [0.15, 0.2) is 0 Å². The maximum Gasteiger partial charge on any atom is 0.223 e. The van der Waals surface area contributed by atoms with E-state index in [9.17, 15) is 9.59 Å². The van der Waals surface area contributed by atoms with E-state index >= 15 is 0 Å². The van der Waals surface area contributed by atoms with Crippen LogP contribution in [0.5, 0.6) is 0 Å². The van der Waals surface area contributed by atoms with Crippen LogP contribution in [0.3, 0.4) is 0 Å². The Morgan fingerprint density at radius 2 is 1.94 bits per heavy atom. The molecule has 1 heterocycles. The molecule has 0 atom stereocenters. The van der Waals surface area contributed by atoms with Crippen LogP contribution in [-0.4, -0.2) is 49.6 Å². The molecule has 17 heavy (non-hydrogen) atoms. The van der Waals surface area contributed by atoms with Crippen molar-refractivity contribution in [3.8, 4) is 0 Å². The molecule has 1 saturated heterocycles. The molecule has 0 radical (unpaired) electrons. The normalized spacial score (nSPS) is 15.7. The molecule has 0 aliphatic carbocycles. The molecule has 0 unspecified atom stereocenters. The second-order valence-corrected chi connectivity index (χ2v) is 4.20. The van der Waals surface area contributed by atoms with Crippen molar-refractivity contribution in [3.63, 3.8) is 0 Å². The smallest absolute Gasteiger partial charge is 0.223 e. The molecule has 1 rings (SSSR count). The molecule has 5 heteroatoms. The molecule has 1 aliphatic heterocycles. The van der Waals surface area contributed by atoms with Gasteiger partial charge in [-0.05, 0) is 6.42 Å². The summed E-state index contributed by atoms with van der Waals surface area (Å²) in [7, 11) is 0. The molecule has 0 spiro atoms. The van der Waals surface area contributed by atoms with Crippen molar-refractivity contribution in [2.75, 3.05) is 32.8 Å². The molecule has 0 saturated carbocycles. The maximum absolute atomic E-state index is 11.7. The predicted molar refractivity (Wildman–Crippen MR) is 64.6 cm³/mol. The van der Waals surface area contributed by atoms with Gasteiger partial charge in [0.2, 0.25) is 11.8 Å². The van der Waals surface area contributed by atoms with Gasteiger partial charge in [-0.2, -0.15) is 0 Å². The van der Waals surface area contributed by atoms with Gasteiger partial charge in [-0.1, -0.05) is 13.3 Å². The number of carbonyl (C=O) groups is 2. The summed E-state index contributed by atoms with van der Waals surface area (Å²) in [6.07, 6.45) is 2.65. The summed E-state index contributed by atoms with van der Waals surface area (Å²) < 4.78 is 5.17. The standard InChI is InChI=1S/C12H22N2O3/c1-2-3-6-13-11(15)4-5-12(16)14-7-9-17-10-8-14/h2-10H2,1H3,(H,13,15). The van der Waals surface area contributed by atoms with Crippen LogP contribution >= 0.6 is 0 Å². The summed E-state index contributed by atoms with van der Waals surface area (Å²) in [6.45, 7) is 5.30. The summed E-state index contributed by atoms with van der Waals surface area (Å²) in [6, 6.07) is 0. The lowest BCUT2D eigenvalue weighted by atomic mass is 10.2. The van der Waals surface area contributed by atoms with Crippen LogP contribution < -0.4 is 5.32 Å². The Morgan fingerprint density at radius 1 is 1.24 bits per heavy atom. The summed E-state index contributed by atoms with van der Waals surface area (Å²) in [5, 5.41) is 2.81. The molecule has 0 aromatic rings. The van der Waals surface area contributed by atoms with Gasteiger partial charge in [0.05, 0.1) is 13.2 Å². The number of rotatable bonds is 6. The highest BCUT2D eigenvalue weighted by Crippen LogP contribution is 2.02. The van der Waals surface area contributed by atoms with Crippen LogP contribution in [0.1, 0.15) is 32.6 Å². The summed E-state index contributed by atoms with van der Waals surface area (Å²) in [4.78, 5) is 24.9. The van der Waals surface area contributed by atoms with Crippen LogP contribution in [0.4, 0.5) is 0 Å². The van der Waals surface area contributed by atoms with E-state index in [1.165, 1.54) is 0 Å². The molecule has 5 nitrogen and oxygen atoms in total. The lowest BCUT2D eigenvalue weighted by molar-refractivity contribution is -0.137. The van der Waals surface area contributed by atoms with Crippen molar-refractivity contribution in [3.05, 3.63) is 0 Å². The number of amides is 2.